The molecule has 0 spiro atoms. The zero-order valence-electron chi connectivity index (χ0n) is 12.4. The van der Waals surface area contributed by atoms with Crippen LogP contribution in [0.2, 0.25) is 0 Å². The van der Waals surface area contributed by atoms with Gasteiger partial charge in [-0.3, -0.25) is 9.10 Å². The van der Waals surface area contributed by atoms with Crippen molar-refractivity contribution in [3.8, 4) is 0 Å². The second kappa shape index (κ2) is 6.74. The van der Waals surface area contributed by atoms with Gasteiger partial charge in [0.2, 0.25) is 15.9 Å². The quantitative estimate of drug-likeness (QED) is 0.867. The van der Waals surface area contributed by atoms with Crippen LogP contribution in [0.4, 0.5) is 5.69 Å². The molecule has 0 aromatic heterocycles. The van der Waals surface area contributed by atoms with Gasteiger partial charge in [0.05, 0.1) is 18.5 Å². The largest absolute Gasteiger partial charge is 0.354 e. The molecule has 112 valence electrons. The maximum absolute atomic E-state index is 11.9. The Labute approximate surface area is 121 Å². The van der Waals surface area contributed by atoms with Crippen molar-refractivity contribution < 1.29 is 13.2 Å². The molecule has 0 aliphatic heterocycles. The third-order valence-electron chi connectivity index (χ3n) is 3.14. The fourth-order valence-corrected chi connectivity index (χ4v) is 2.71. The highest BCUT2D eigenvalue weighted by molar-refractivity contribution is 7.92. The third kappa shape index (κ3) is 4.52. The first-order chi connectivity index (χ1) is 9.25. The third-order valence-corrected chi connectivity index (χ3v) is 4.33. The van der Waals surface area contributed by atoms with Gasteiger partial charge in [-0.1, -0.05) is 13.0 Å². The Morgan fingerprint density at radius 2 is 1.90 bits per heavy atom. The molecule has 0 fully saturated rings. The smallest absolute Gasteiger partial charge is 0.232 e. The second-order valence-corrected chi connectivity index (χ2v) is 6.71. The minimum Gasteiger partial charge on any atom is -0.354 e. The molecule has 6 heteroatoms. The summed E-state index contributed by atoms with van der Waals surface area (Å²) in [6.45, 7) is 6.20. The van der Waals surface area contributed by atoms with Gasteiger partial charge in [-0.25, -0.2) is 8.42 Å². The average molecular weight is 298 g/mol. The Bertz CT molecular complexity index is 582. The number of amides is 1. The molecular formula is C14H22N2O3S. The number of anilines is 1. The summed E-state index contributed by atoms with van der Waals surface area (Å²) in [5.41, 5.74) is 2.77. The molecule has 0 radical (unpaired) electrons. The van der Waals surface area contributed by atoms with Gasteiger partial charge in [-0.05, 0) is 37.1 Å². The molecule has 0 saturated heterocycles. The predicted octanol–water partition coefficient (Wildman–Crippen LogP) is 1.60. The van der Waals surface area contributed by atoms with Crippen molar-refractivity contribution in [3.05, 3.63) is 29.3 Å². The van der Waals surface area contributed by atoms with Crippen LogP contribution in [0, 0.1) is 13.8 Å². The number of benzene rings is 1. The van der Waals surface area contributed by atoms with Crippen LogP contribution in [0.3, 0.4) is 0 Å². The normalized spacial score (nSPS) is 11.2. The first-order valence-electron chi connectivity index (χ1n) is 6.57. The highest BCUT2D eigenvalue weighted by Gasteiger charge is 2.17. The lowest BCUT2D eigenvalue weighted by Gasteiger charge is -2.23. The van der Waals surface area contributed by atoms with Crippen molar-refractivity contribution in [3.63, 3.8) is 0 Å². The van der Waals surface area contributed by atoms with Gasteiger partial charge in [0, 0.05) is 13.0 Å². The van der Waals surface area contributed by atoms with Gasteiger partial charge in [0.25, 0.3) is 0 Å². The summed E-state index contributed by atoms with van der Waals surface area (Å²) >= 11 is 0. The van der Waals surface area contributed by atoms with Gasteiger partial charge >= 0.3 is 0 Å². The number of aryl methyl sites for hydroxylation is 2. The number of carbonyl (C=O) groups excluding carboxylic acids is 1. The van der Waals surface area contributed by atoms with E-state index in [-0.39, 0.29) is 12.5 Å². The number of carbonyl (C=O) groups is 1. The van der Waals surface area contributed by atoms with Crippen molar-refractivity contribution in [1.29, 1.82) is 0 Å². The number of nitrogens with one attached hydrogen (secondary N) is 1. The first kappa shape index (κ1) is 16.5. The molecule has 5 nitrogen and oxygen atoms in total. The molecule has 1 amide bonds. The summed E-state index contributed by atoms with van der Waals surface area (Å²) in [6, 6.07) is 5.52. The molecule has 0 aliphatic carbocycles. The van der Waals surface area contributed by atoms with E-state index in [9.17, 15) is 13.2 Å². The summed E-state index contributed by atoms with van der Waals surface area (Å²) in [7, 11) is -3.37. The fourth-order valence-electron chi connectivity index (χ4n) is 1.79. The van der Waals surface area contributed by atoms with Crippen LogP contribution in [0.5, 0.6) is 0 Å². The van der Waals surface area contributed by atoms with E-state index >= 15 is 0 Å². The van der Waals surface area contributed by atoms with Crippen molar-refractivity contribution in [2.24, 2.45) is 0 Å². The maximum atomic E-state index is 11.9. The second-order valence-electron chi connectivity index (χ2n) is 4.81. The zero-order chi connectivity index (χ0) is 15.3. The van der Waals surface area contributed by atoms with Gasteiger partial charge < -0.3 is 5.32 Å². The Hall–Kier alpha value is -1.56. The Kier molecular flexibility index (Phi) is 5.56. The minimum absolute atomic E-state index is 0.0847. The van der Waals surface area contributed by atoms with Crippen molar-refractivity contribution >= 4 is 21.6 Å². The first-order valence-corrected chi connectivity index (χ1v) is 8.42. The average Bonchev–Trinajstić information content (AvgIpc) is 2.36. The van der Waals surface area contributed by atoms with Crippen molar-refractivity contribution in [2.75, 3.05) is 23.7 Å². The van der Waals surface area contributed by atoms with Crippen LogP contribution >= 0.6 is 0 Å². The zero-order valence-corrected chi connectivity index (χ0v) is 13.3. The lowest BCUT2D eigenvalue weighted by atomic mass is 10.1. The molecule has 0 saturated carbocycles. The molecule has 20 heavy (non-hydrogen) atoms. The molecular weight excluding hydrogens is 276 g/mol. The summed E-state index contributed by atoms with van der Waals surface area (Å²) in [6.07, 6.45) is 1.56. The standard InChI is InChI=1S/C14H22N2O3S/c1-5-14(17)15-8-9-16(20(4,18)19)13-7-6-11(2)12(3)10-13/h6-7,10H,5,8-9H2,1-4H3,(H,15,17). The monoisotopic (exact) mass is 298 g/mol. The molecule has 0 heterocycles. The SMILES string of the molecule is CCC(=O)NCCN(c1ccc(C)c(C)c1)S(C)(=O)=O. The highest BCUT2D eigenvalue weighted by atomic mass is 32.2. The van der Waals surface area contributed by atoms with E-state index in [4.69, 9.17) is 0 Å². The number of hydrogen-bond donors (Lipinski definition) is 1. The summed E-state index contributed by atoms with van der Waals surface area (Å²) in [5.74, 6) is -0.0847. The predicted molar refractivity (Wildman–Crippen MR) is 81.4 cm³/mol. The molecule has 1 N–H and O–H groups in total. The van der Waals surface area contributed by atoms with Crippen LogP contribution in [-0.2, 0) is 14.8 Å². The molecule has 1 rings (SSSR count). The van der Waals surface area contributed by atoms with E-state index in [1.165, 1.54) is 10.6 Å². The van der Waals surface area contributed by atoms with Crippen LogP contribution < -0.4 is 9.62 Å². The van der Waals surface area contributed by atoms with E-state index < -0.39 is 10.0 Å². The number of sulfonamides is 1. The summed E-state index contributed by atoms with van der Waals surface area (Å²) in [4.78, 5) is 11.2. The molecule has 0 aliphatic rings. The van der Waals surface area contributed by atoms with Crippen LogP contribution in [0.1, 0.15) is 24.5 Å². The highest BCUT2D eigenvalue weighted by Crippen LogP contribution is 2.20. The molecule has 0 atom stereocenters. The Balaban J connectivity index is 2.90. The van der Waals surface area contributed by atoms with Crippen molar-refractivity contribution in [1.82, 2.24) is 5.32 Å². The number of hydrogen-bond acceptors (Lipinski definition) is 3. The van der Waals surface area contributed by atoms with E-state index in [1.54, 1.807) is 13.0 Å². The van der Waals surface area contributed by atoms with Crippen molar-refractivity contribution in [2.45, 2.75) is 27.2 Å². The van der Waals surface area contributed by atoms with Gasteiger partial charge in [-0.15, -0.1) is 0 Å². The summed E-state index contributed by atoms with van der Waals surface area (Å²) < 4.78 is 25.1. The van der Waals surface area contributed by atoms with Gasteiger partial charge in [0.1, 0.15) is 0 Å². The lowest BCUT2D eigenvalue weighted by Crippen LogP contribution is -2.38. The summed E-state index contributed by atoms with van der Waals surface area (Å²) in [5, 5.41) is 2.69. The van der Waals surface area contributed by atoms with Crippen LogP contribution in [0.25, 0.3) is 0 Å². The van der Waals surface area contributed by atoms with Gasteiger partial charge in [0.15, 0.2) is 0 Å². The van der Waals surface area contributed by atoms with Crippen LogP contribution in [0.15, 0.2) is 18.2 Å². The lowest BCUT2D eigenvalue weighted by molar-refractivity contribution is -0.120. The van der Waals surface area contributed by atoms with E-state index in [0.29, 0.717) is 18.7 Å². The number of rotatable bonds is 6. The molecule has 1 aromatic rings. The van der Waals surface area contributed by atoms with E-state index in [2.05, 4.69) is 5.32 Å². The fraction of sp³-hybridized carbons (Fsp3) is 0.500. The molecule has 0 unspecified atom stereocenters. The molecule has 1 aromatic carbocycles. The minimum atomic E-state index is -3.37. The van der Waals surface area contributed by atoms with Crippen LogP contribution in [-0.4, -0.2) is 33.7 Å². The number of nitrogens with zero attached hydrogens (tertiary/aromatic N) is 1. The van der Waals surface area contributed by atoms with E-state index in [0.717, 1.165) is 11.1 Å². The molecule has 0 bridgehead atoms. The van der Waals surface area contributed by atoms with Gasteiger partial charge in [-0.2, -0.15) is 0 Å². The Morgan fingerprint density at radius 1 is 1.25 bits per heavy atom. The topological polar surface area (TPSA) is 66.5 Å². The van der Waals surface area contributed by atoms with E-state index in [1.807, 2.05) is 26.0 Å². The Morgan fingerprint density at radius 3 is 2.40 bits per heavy atom. The maximum Gasteiger partial charge on any atom is 0.232 e.